The molecule has 3 N–H and O–H groups in total. The van der Waals surface area contributed by atoms with E-state index in [2.05, 4.69) is 20.8 Å². The lowest BCUT2D eigenvalue weighted by Crippen LogP contribution is -2.49. The van der Waals surface area contributed by atoms with Gasteiger partial charge in [0.15, 0.2) is 5.78 Å². The van der Waals surface area contributed by atoms with Gasteiger partial charge in [0.05, 0.1) is 23.7 Å². The van der Waals surface area contributed by atoms with E-state index >= 15 is 0 Å². The standard InChI is InChI=1S/C29H30N4O7/c1-17(2)27(32-28(37)21-13-12-18-8-6-7-11-20(18)30-21)23-14-25(40-33-23)29(38)31-22(15-26(35)36)24(34)16-39-19-9-4-3-5-10-19/h3-13,17,22,25,27H,14-16H2,1-2H3,(H,31,38)(H,32,37)(H,35,36). The first-order valence-electron chi connectivity index (χ1n) is 12.8. The number of carbonyl (C=O) groups is 4. The van der Waals surface area contributed by atoms with Gasteiger partial charge in [-0.05, 0) is 30.2 Å². The van der Waals surface area contributed by atoms with E-state index in [1.54, 1.807) is 36.4 Å². The van der Waals surface area contributed by atoms with Crippen molar-refractivity contribution in [1.82, 2.24) is 15.6 Å². The number of benzene rings is 2. The quantitative estimate of drug-likeness (QED) is 0.313. The number of Topliss-reactive ketones (excluding diaryl/α,β-unsaturated/α-hetero) is 1. The number of amides is 2. The van der Waals surface area contributed by atoms with Crippen molar-refractivity contribution in [3.05, 3.63) is 72.4 Å². The van der Waals surface area contributed by atoms with Gasteiger partial charge >= 0.3 is 5.97 Å². The summed E-state index contributed by atoms with van der Waals surface area (Å²) in [5.41, 5.74) is 1.37. The molecule has 3 atom stereocenters. The maximum absolute atomic E-state index is 13.0. The van der Waals surface area contributed by atoms with Crippen LogP contribution in [0.25, 0.3) is 10.9 Å². The number of rotatable bonds is 12. The third kappa shape index (κ3) is 7.19. The van der Waals surface area contributed by atoms with Crippen LogP contribution in [0, 0.1) is 5.92 Å². The molecule has 2 aromatic carbocycles. The maximum atomic E-state index is 13.0. The van der Waals surface area contributed by atoms with E-state index in [9.17, 15) is 24.3 Å². The number of para-hydroxylation sites is 2. The molecule has 3 aromatic rings. The predicted octanol–water partition coefficient (Wildman–Crippen LogP) is 2.74. The SMILES string of the molecule is CC(C)C(NC(=O)c1ccc2ccccc2n1)C1=NOC(C(=O)NC(CC(=O)O)C(=O)COc2ccccc2)C1. The molecule has 0 aliphatic carbocycles. The molecular formula is C29H30N4O7. The number of fused-ring (bicyclic) bond motifs is 1. The van der Waals surface area contributed by atoms with Crippen LogP contribution in [0.3, 0.4) is 0 Å². The number of carbonyl (C=O) groups excluding carboxylic acids is 3. The zero-order valence-corrected chi connectivity index (χ0v) is 22.1. The van der Waals surface area contributed by atoms with Gasteiger partial charge in [0.25, 0.3) is 11.8 Å². The number of hydrogen-bond acceptors (Lipinski definition) is 8. The highest BCUT2D eigenvalue weighted by Crippen LogP contribution is 2.19. The summed E-state index contributed by atoms with van der Waals surface area (Å²) in [6.07, 6.45) is -1.66. The van der Waals surface area contributed by atoms with E-state index in [-0.39, 0.29) is 18.0 Å². The Labute approximate surface area is 230 Å². The molecule has 2 heterocycles. The monoisotopic (exact) mass is 546 g/mol. The highest BCUT2D eigenvalue weighted by molar-refractivity contribution is 6.02. The Morgan fingerprint density at radius 2 is 1.73 bits per heavy atom. The summed E-state index contributed by atoms with van der Waals surface area (Å²) in [6, 6.07) is 17.6. The minimum atomic E-state index is -1.32. The third-order valence-corrected chi connectivity index (χ3v) is 6.34. The maximum Gasteiger partial charge on any atom is 0.305 e. The first kappa shape index (κ1) is 28.2. The van der Waals surface area contributed by atoms with E-state index in [1.165, 1.54) is 0 Å². The predicted molar refractivity (Wildman–Crippen MR) is 146 cm³/mol. The average molecular weight is 547 g/mol. The summed E-state index contributed by atoms with van der Waals surface area (Å²) in [6.45, 7) is 3.37. The van der Waals surface area contributed by atoms with Gasteiger partial charge in [-0.3, -0.25) is 19.2 Å². The van der Waals surface area contributed by atoms with E-state index in [0.717, 1.165) is 5.39 Å². The number of carboxylic acid groups (broad SMARTS) is 1. The lowest BCUT2D eigenvalue weighted by Gasteiger charge is -2.22. The van der Waals surface area contributed by atoms with Crippen LogP contribution < -0.4 is 15.4 Å². The second-order valence-corrected chi connectivity index (χ2v) is 9.69. The average Bonchev–Trinajstić information content (AvgIpc) is 3.44. The molecule has 1 aliphatic rings. The van der Waals surface area contributed by atoms with Gasteiger partial charge in [0.1, 0.15) is 24.1 Å². The summed E-state index contributed by atoms with van der Waals surface area (Å²) < 4.78 is 5.42. The van der Waals surface area contributed by atoms with Crippen molar-refractivity contribution in [2.24, 2.45) is 11.1 Å². The second-order valence-electron chi connectivity index (χ2n) is 9.69. The number of ketones is 1. The lowest BCUT2D eigenvalue weighted by molar-refractivity contribution is -0.141. The van der Waals surface area contributed by atoms with Crippen LogP contribution in [-0.4, -0.2) is 64.2 Å². The highest BCUT2D eigenvalue weighted by Gasteiger charge is 2.36. The highest BCUT2D eigenvalue weighted by atomic mass is 16.6. The van der Waals surface area contributed by atoms with Crippen molar-refractivity contribution >= 4 is 40.2 Å². The van der Waals surface area contributed by atoms with Crippen LogP contribution >= 0.6 is 0 Å². The number of aromatic nitrogens is 1. The number of nitrogens with zero attached hydrogens (tertiary/aromatic N) is 2. The molecule has 0 saturated carbocycles. The Hall–Kier alpha value is -4.80. The van der Waals surface area contributed by atoms with Gasteiger partial charge in [-0.2, -0.15) is 0 Å². The van der Waals surface area contributed by atoms with Crippen molar-refractivity contribution in [2.75, 3.05) is 6.61 Å². The number of nitrogens with one attached hydrogen (secondary N) is 2. The molecule has 40 heavy (non-hydrogen) atoms. The second kappa shape index (κ2) is 12.8. The van der Waals surface area contributed by atoms with E-state index in [4.69, 9.17) is 9.57 Å². The zero-order chi connectivity index (χ0) is 28.6. The minimum Gasteiger partial charge on any atom is -0.486 e. The molecule has 2 amide bonds. The molecule has 0 spiro atoms. The van der Waals surface area contributed by atoms with Crippen LogP contribution in [0.2, 0.25) is 0 Å². The number of pyridine rings is 1. The summed E-state index contributed by atoms with van der Waals surface area (Å²) in [5, 5.41) is 19.6. The lowest BCUT2D eigenvalue weighted by atomic mass is 9.95. The number of hydrogen-bond donors (Lipinski definition) is 3. The molecular weight excluding hydrogens is 516 g/mol. The first-order chi connectivity index (χ1) is 19.2. The Balaban J connectivity index is 1.37. The zero-order valence-electron chi connectivity index (χ0n) is 22.1. The van der Waals surface area contributed by atoms with Crippen LogP contribution in [0.1, 0.15) is 37.2 Å². The van der Waals surface area contributed by atoms with Gasteiger partial charge in [-0.1, -0.05) is 61.5 Å². The largest absolute Gasteiger partial charge is 0.486 e. The summed E-state index contributed by atoms with van der Waals surface area (Å²) in [5.74, 6) is -2.60. The van der Waals surface area contributed by atoms with E-state index < -0.39 is 54.8 Å². The van der Waals surface area contributed by atoms with Gasteiger partial charge in [-0.25, -0.2) is 4.98 Å². The number of carboxylic acids is 1. The van der Waals surface area contributed by atoms with Crippen molar-refractivity contribution in [3.8, 4) is 5.75 Å². The molecule has 1 aliphatic heterocycles. The summed E-state index contributed by atoms with van der Waals surface area (Å²) in [4.78, 5) is 59.7. The van der Waals surface area contributed by atoms with E-state index in [0.29, 0.717) is 17.0 Å². The Morgan fingerprint density at radius 3 is 2.45 bits per heavy atom. The smallest absolute Gasteiger partial charge is 0.305 e. The van der Waals surface area contributed by atoms with Crippen LogP contribution in [0.4, 0.5) is 0 Å². The number of oxime groups is 1. The van der Waals surface area contributed by atoms with Crippen molar-refractivity contribution < 1.29 is 33.9 Å². The molecule has 0 fully saturated rings. The Bertz CT molecular complexity index is 1420. The van der Waals surface area contributed by atoms with Gasteiger partial charge in [0, 0.05) is 11.8 Å². The third-order valence-electron chi connectivity index (χ3n) is 6.34. The Kier molecular flexibility index (Phi) is 9.05. The molecule has 4 rings (SSSR count). The van der Waals surface area contributed by atoms with Crippen LogP contribution in [0.15, 0.2) is 71.9 Å². The van der Waals surface area contributed by atoms with Crippen LogP contribution in [0.5, 0.6) is 5.75 Å². The fraction of sp³-hybridized carbons (Fsp3) is 0.310. The normalized spacial score (nSPS) is 16.0. The first-order valence-corrected chi connectivity index (χ1v) is 12.8. The molecule has 0 bridgehead atoms. The summed E-state index contributed by atoms with van der Waals surface area (Å²) in [7, 11) is 0. The molecule has 0 radical (unpaired) electrons. The molecule has 11 nitrogen and oxygen atoms in total. The topological polar surface area (TPSA) is 156 Å². The number of ether oxygens (including phenoxy) is 1. The Morgan fingerprint density at radius 1 is 1.00 bits per heavy atom. The van der Waals surface area contributed by atoms with E-state index in [1.807, 2.05) is 44.2 Å². The van der Waals surface area contributed by atoms with Crippen LogP contribution in [-0.2, 0) is 19.2 Å². The fourth-order valence-corrected chi connectivity index (χ4v) is 4.22. The van der Waals surface area contributed by atoms with Crippen molar-refractivity contribution in [1.29, 1.82) is 0 Å². The van der Waals surface area contributed by atoms with Crippen molar-refractivity contribution in [3.63, 3.8) is 0 Å². The minimum absolute atomic E-state index is 0.0502. The van der Waals surface area contributed by atoms with Gasteiger partial charge in [-0.15, -0.1) is 0 Å². The molecule has 0 saturated heterocycles. The summed E-state index contributed by atoms with van der Waals surface area (Å²) >= 11 is 0. The van der Waals surface area contributed by atoms with Crippen molar-refractivity contribution in [2.45, 2.75) is 44.9 Å². The molecule has 1 aromatic heterocycles. The molecule has 3 unspecified atom stereocenters. The van der Waals surface area contributed by atoms with Gasteiger partial charge < -0.3 is 25.3 Å². The number of aliphatic carboxylic acids is 1. The fourth-order valence-electron chi connectivity index (χ4n) is 4.22. The molecule has 11 heteroatoms. The van der Waals surface area contributed by atoms with Gasteiger partial charge in [0.2, 0.25) is 6.10 Å². The molecule has 208 valence electrons.